The van der Waals surface area contributed by atoms with E-state index >= 15 is 0 Å². The van der Waals surface area contributed by atoms with Crippen LogP contribution in [0.1, 0.15) is 41.7 Å². The second-order valence-electron chi connectivity index (χ2n) is 14.1. The summed E-state index contributed by atoms with van der Waals surface area (Å²) < 4.78 is 88.1. The number of rotatable bonds is 10. The van der Waals surface area contributed by atoms with Gasteiger partial charge in [0, 0.05) is 45.6 Å². The van der Waals surface area contributed by atoms with Crippen molar-refractivity contribution in [1.29, 1.82) is 0 Å². The van der Waals surface area contributed by atoms with Crippen molar-refractivity contribution in [3.05, 3.63) is 142 Å². The van der Waals surface area contributed by atoms with E-state index in [9.17, 15) is 30.4 Å². The van der Waals surface area contributed by atoms with Crippen LogP contribution in [0.2, 0.25) is 0 Å². The summed E-state index contributed by atoms with van der Waals surface area (Å²) >= 11 is 2.25. The zero-order valence-electron chi connectivity index (χ0n) is 33.0. The molecule has 1 N–H and O–H groups in total. The molecule has 6 aromatic rings. The van der Waals surface area contributed by atoms with Gasteiger partial charge in [-0.15, -0.1) is 35.1 Å². The summed E-state index contributed by atoms with van der Waals surface area (Å²) in [5.41, 5.74) is 2.05. The molecule has 2 heterocycles. The largest absolute Gasteiger partial charge is 0.444 e. The second kappa shape index (κ2) is 19.1. The SMILES string of the molecule is CNCc1sc(S(=O)(=O)c2ccccc2)c(-c2ccccc2F)c1C.Cc1c(CN(C)C(=O)OC(C)(C)C)sc(S(=O)(=O)c2ccccc2)c1-c1ccccc1F.Cl. The highest BCUT2D eigenvalue weighted by molar-refractivity contribution is 7.94. The molecule has 0 unspecified atom stereocenters. The second-order valence-corrected chi connectivity index (χ2v) is 20.6. The van der Waals surface area contributed by atoms with Crippen LogP contribution in [-0.4, -0.2) is 47.5 Å². The number of carbonyl (C=O) groups excluding carboxylic acids is 1. The maximum Gasteiger partial charge on any atom is 0.410 e. The third-order valence-corrected chi connectivity index (χ3v) is 15.9. The van der Waals surface area contributed by atoms with Crippen LogP contribution in [0.5, 0.6) is 0 Å². The van der Waals surface area contributed by atoms with Gasteiger partial charge in [0.05, 0.1) is 16.3 Å². The van der Waals surface area contributed by atoms with Crippen molar-refractivity contribution in [2.24, 2.45) is 0 Å². The van der Waals surface area contributed by atoms with E-state index in [1.165, 1.54) is 40.5 Å². The van der Waals surface area contributed by atoms with Gasteiger partial charge in [0.25, 0.3) is 0 Å². The Bertz CT molecular complexity index is 2590. The van der Waals surface area contributed by atoms with Crippen molar-refractivity contribution in [3.63, 3.8) is 0 Å². The number of ether oxygens (including phenoxy) is 1. The van der Waals surface area contributed by atoms with Gasteiger partial charge in [-0.2, -0.15) is 0 Å². The predicted molar refractivity (Wildman–Crippen MR) is 230 cm³/mol. The number of halogens is 3. The third kappa shape index (κ3) is 10.2. The molecule has 0 atom stereocenters. The predicted octanol–water partition coefficient (Wildman–Crippen LogP) is 10.9. The fourth-order valence-electron chi connectivity index (χ4n) is 5.91. The van der Waals surface area contributed by atoms with Crippen molar-refractivity contribution in [1.82, 2.24) is 10.2 Å². The van der Waals surface area contributed by atoms with Crippen LogP contribution in [0.4, 0.5) is 13.6 Å². The molecule has 0 aliphatic rings. The zero-order chi connectivity index (χ0) is 41.7. The number of hydrogen-bond donors (Lipinski definition) is 1. The number of nitrogens with zero attached hydrogens (tertiary/aromatic N) is 1. The summed E-state index contributed by atoms with van der Waals surface area (Å²) in [5, 5.41) is 3.04. The Morgan fingerprint density at radius 2 is 1.05 bits per heavy atom. The minimum Gasteiger partial charge on any atom is -0.444 e. The van der Waals surface area contributed by atoms with Gasteiger partial charge in [0.1, 0.15) is 25.7 Å². The molecule has 8 nitrogen and oxygen atoms in total. The Kier molecular flexibility index (Phi) is 15.2. The molecule has 0 fully saturated rings. The maximum absolute atomic E-state index is 14.7. The summed E-state index contributed by atoms with van der Waals surface area (Å²) in [6.07, 6.45) is -0.523. The van der Waals surface area contributed by atoms with E-state index in [-0.39, 0.29) is 42.7 Å². The smallest absolute Gasteiger partial charge is 0.410 e. The monoisotopic (exact) mass is 886 g/mol. The number of amides is 1. The molecule has 15 heteroatoms. The first kappa shape index (κ1) is 46.3. The van der Waals surface area contributed by atoms with Crippen LogP contribution >= 0.6 is 35.1 Å². The Morgan fingerprint density at radius 1 is 0.672 bits per heavy atom. The molecule has 0 aliphatic carbocycles. The van der Waals surface area contributed by atoms with E-state index < -0.39 is 43.0 Å². The molecule has 6 rings (SSSR count). The van der Waals surface area contributed by atoms with Crippen molar-refractivity contribution >= 4 is 60.8 Å². The van der Waals surface area contributed by atoms with Crippen LogP contribution in [0.3, 0.4) is 0 Å². The molecule has 4 aromatic carbocycles. The van der Waals surface area contributed by atoms with Gasteiger partial charge in [-0.05, 0) is 89.2 Å². The first-order valence-electron chi connectivity index (χ1n) is 17.8. The number of nitrogens with one attached hydrogen (secondary N) is 1. The van der Waals surface area contributed by atoms with E-state index in [1.54, 1.807) is 127 Å². The van der Waals surface area contributed by atoms with Gasteiger partial charge >= 0.3 is 6.09 Å². The summed E-state index contributed by atoms with van der Waals surface area (Å²) in [7, 11) is -4.25. The van der Waals surface area contributed by atoms with Crippen molar-refractivity contribution in [3.8, 4) is 22.3 Å². The lowest BCUT2D eigenvalue weighted by molar-refractivity contribution is 0.0286. The van der Waals surface area contributed by atoms with Crippen LogP contribution in [-0.2, 0) is 37.5 Å². The summed E-state index contributed by atoms with van der Waals surface area (Å²) in [4.78, 5) is 15.7. The number of sulfone groups is 2. The van der Waals surface area contributed by atoms with E-state index in [2.05, 4.69) is 5.32 Å². The van der Waals surface area contributed by atoms with Gasteiger partial charge in [-0.1, -0.05) is 72.8 Å². The minimum atomic E-state index is -3.90. The lowest BCUT2D eigenvalue weighted by Gasteiger charge is -2.24. The molecule has 308 valence electrons. The lowest BCUT2D eigenvalue weighted by atomic mass is 10.0. The first-order chi connectivity index (χ1) is 26.9. The lowest BCUT2D eigenvalue weighted by Crippen LogP contribution is -2.33. The van der Waals surface area contributed by atoms with Crippen LogP contribution in [0.25, 0.3) is 22.3 Å². The number of benzene rings is 4. The van der Waals surface area contributed by atoms with Gasteiger partial charge in [-0.3, -0.25) is 0 Å². The molecular weight excluding hydrogens is 842 g/mol. The molecule has 0 spiro atoms. The molecular formula is C43H45ClF2N2O6S4. The fraction of sp³-hybridized carbons (Fsp3) is 0.233. The Labute approximate surface area is 353 Å². The van der Waals surface area contributed by atoms with Gasteiger partial charge in [0.2, 0.25) is 19.7 Å². The maximum atomic E-state index is 14.7. The van der Waals surface area contributed by atoms with Gasteiger partial charge in [0.15, 0.2) is 0 Å². The Morgan fingerprint density at radius 3 is 1.45 bits per heavy atom. The topological polar surface area (TPSA) is 110 Å². The molecule has 0 saturated heterocycles. The van der Waals surface area contributed by atoms with Gasteiger partial charge < -0.3 is 15.0 Å². The summed E-state index contributed by atoms with van der Waals surface area (Å²) in [6, 6.07) is 28.7. The van der Waals surface area contributed by atoms with E-state index in [1.807, 2.05) is 6.92 Å². The van der Waals surface area contributed by atoms with E-state index in [0.29, 0.717) is 33.7 Å². The number of hydrogen-bond acceptors (Lipinski definition) is 9. The highest BCUT2D eigenvalue weighted by Crippen LogP contribution is 2.44. The van der Waals surface area contributed by atoms with Crippen molar-refractivity contribution < 1.29 is 35.1 Å². The summed E-state index contributed by atoms with van der Waals surface area (Å²) in [6.45, 7) is 9.58. The highest BCUT2D eigenvalue weighted by Gasteiger charge is 2.31. The molecule has 0 aliphatic heterocycles. The van der Waals surface area contributed by atoms with Crippen LogP contribution in [0, 0.1) is 25.5 Å². The third-order valence-electron chi connectivity index (χ3n) is 8.73. The number of carbonyl (C=O) groups is 1. The zero-order valence-corrected chi connectivity index (χ0v) is 37.1. The van der Waals surface area contributed by atoms with Gasteiger partial charge in [-0.25, -0.2) is 30.4 Å². The number of thiophene rings is 2. The average Bonchev–Trinajstić information content (AvgIpc) is 3.68. The van der Waals surface area contributed by atoms with E-state index in [4.69, 9.17) is 4.74 Å². The molecule has 58 heavy (non-hydrogen) atoms. The van der Waals surface area contributed by atoms with Crippen LogP contribution in [0.15, 0.2) is 127 Å². The fourth-order valence-corrected chi connectivity index (χ4v) is 12.7. The van der Waals surface area contributed by atoms with E-state index in [0.717, 1.165) is 21.8 Å². The van der Waals surface area contributed by atoms with Crippen LogP contribution < -0.4 is 5.32 Å². The summed E-state index contributed by atoms with van der Waals surface area (Å²) in [5.74, 6) is -0.936. The molecule has 2 aromatic heterocycles. The minimum absolute atomic E-state index is 0. The standard InChI is InChI=1S/C24H26FNO4S2.C19H18FNO2S2.ClH/c1-16-20(15-26(5)23(27)30-24(2,3)4)31-22(21(16)18-13-9-10-14-19(18)25)32(28,29)17-11-7-6-8-12-17;1-13-17(12-21-2)24-19(18(13)15-10-6-7-11-16(15)20)25(22,23)14-8-4-3-5-9-14;/h6-14H,15H2,1-5H3;3-11,21H,12H2,1-2H3;1H. The molecule has 0 bridgehead atoms. The van der Waals surface area contributed by atoms with Crippen molar-refractivity contribution in [2.75, 3.05) is 14.1 Å². The highest BCUT2D eigenvalue weighted by atomic mass is 35.5. The molecule has 0 saturated carbocycles. The Balaban J connectivity index is 0.000000259. The normalized spacial score (nSPS) is 11.6. The molecule has 0 radical (unpaired) electrons. The Hall–Kier alpha value is -4.44. The quantitative estimate of drug-likeness (QED) is 0.146. The average molecular weight is 888 g/mol. The first-order valence-corrected chi connectivity index (χ1v) is 22.4. The van der Waals surface area contributed by atoms with Crippen molar-refractivity contribution in [2.45, 2.75) is 71.5 Å². The molecule has 1 amide bonds.